The maximum Gasteiger partial charge on any atom is 0.102 e. The molecule has 12 rings (SSSR count). The predicted molar refractivity (Wildman–Crippen MR) is 244 cm³/mol. The number of benzene rings is 5. The van der Waals surface area contributed by atoms with Crippen molar-refractivity contribution in [3.63, 3.8) is 0 Å². The molecule has 0 fully saturated rings. The van der Waals surface area contributed by atoms with Crippen molar-refractivity contribution in [1.29, 1.82) is 0 Å². The summed E-state index contributed by atoms with van der Waals surface area (Å²) in [5.74, 6) is 1.33. The molecule has 5 unspecified atom stereocenters. The van der Waals surface area contributed by atoms with Crippen molar-refractivity contribution in [3.8, 4) is 11.3 Å². The summed E-state index contributed by atoms with van der Waals surface area (Å²) in [5, 5.41) is 8.73. The molecule has 5 aromatic carbocycles. The number of dihydropyridines is 1. The van der Waals surface area contributed by atoms with Crippen LogP contribution in [0, 0.1) is 23.7 Å². The highest BCUT2D eigenvalue weighted by molar-refractivity contribution is 6.33. The highest BCUT2D eigenvalue weighted by Crippen LogP contribution is 2.51. The molecule has 1 aromatic heterocycles. The molecule has 3 heterocycles. The summed E-state index contributed by atoms with van der Waals surface area (Å²) in [6.45, 7) is 2.22. The third-order valence-corrected chi connectivity index (χ3v) is 13.5. The second kappa shape index (κ2) is 13.2. The molecule has 4 aliphatic carbocycles. The van der Waals surface area contributed by atoms with Gasteiger partial charge >= 0.3 is 0 Å². The molecular weight excluding hydrogens is 703 g/mol. The number of hydrogen-bond donors (Lipinski definition) is 0. The predicted octanol–water partition coefficient (Wildman–Crippen LogP) is 13.2. The monoisotopic (exact) mass is 743 g/mol. The van der Waals surface area contributed by atoms with Crippen molar-refractivity contribution in [2.45, 2.75) is 25.8 Å². The van der Waals surface area contributed by atoms with Crippen molar-refractivity contribution in [2.24, 2.45) is 33.7 Å². The number of fused-ring (bicyclic) bond motifs is 10. The van der Waals surface area contributed by atoms with E-state index in [1.165, 1.54) is 76.7 Å². The van der Waals surface area contributed by atoms with Crippen LogP contribution in [0.5, 0.6) is 0 Å². The number of rotatable bonds is 4. The standard InChI is InChI=1S/C55H41N3/c1-2-39(43-28-30-57-55-47(43)27-24-34-12-10-29-56-54(34)55)42-26-25-37-32-38(31-36-11-9-18-44(42)50(36)37)33-20-22-35(23-21-33)53-52-46-16-6-4-14-41(46)40-13-3-5-15-45(40)51(52)48-17-7-8-19-49(48)58-53/h2-17,19-27,29-32,34,43-44,50,54H,18,28H2,1H3/b39-2+. The Morgan fingerprint density at radius 3 is 2.24 bits per heavy atom. The maximum absolute atomic E-state index is 5.39. The molecule has 6 aromatic rings. The molecule has 3 nitrogen and oxygen atoms in total. The zero-order valence-electron chi connectivity index (χ0n) is 32.4. The normalized spacial score (nSPS) is 24.4. The van der Waals surface area contributed by atoms with Crippen LogP contribution in [0.25, 0.3) is 60.1 Å². The van der Waals surface area contributed by atoms with Crippen LogP contribution in [0.1, 0.15) is 25.3 Å². The zero-order chi connectivity index (χ0) is 38.3. The Morgan fingerprint density at radius 2 is 1.43 bits per heavy atom. The van der Waals surface area contributed by atoms with Gasteiger partial charge in [-0.15, -0.1) is 0 Å². The highest BCUT2D eigenvalue weighted by Gasteiger charge is 2.39. The van der Waals surface area contributed by atoms with E-state index in [0.717, 1.165) is 35.3 Å². The van der Waals surface area contributed by atoms with Crippen molar-refractivity contribution < 1.29 is 0 Å². The Labute approximate surface area is 338 Å². The molecule has 0 spiro atoms. The first-order valence-corrected chi connectivity index (χ1v) is 20.8. The lowest BCUT2D eigenvalue weighted by Crippen LogP contribution is -2.31. The molecule has 276 valence electrons. The van der Waals surface area contributed by atoms with Crippen LogP contribution in [0.4, 0.5) is 0 Å². The number of aliphatic imine (C=N–C) groups is 2. The van der Waals surface area contributed by atoms with Gasteiger partial charge in [0, 0.05) is 51.9 Å². The Balaban J connectivity index is 0.929. The molecule has 3 heteroatoms. The van der Waals surface area contributed by atoms with Gasteiger partial charge in [-0.2, -0.15) is 0 Å². The molecule has 5 atom stereocenters. The fourth-order valence-electron chi connectivity index (χ4n) is 10.9. The van der Waals surface area contributed by atoms with Crippen LogP contribution in [0.2, 0.25) is 0 Å². The SMILES string of the molecule is C/C=C(\C1=CC=C2C=C(c3ccc(-c4nc5ccccc5c5c6ccccc6c6ccccc6c45)cc3)C=C3C=CCC1C23)C1CC=NC2=C1C=CC1C=CC=NC21. The van der Waals surface area contributed by atoms with Crippen molar-refractivity contribution in [3.05, 3.63) is 203 Å². The molecule has 0 radical (unpaired) electrons. The van der Waals surface area contributed by atoms with Gasteiger partial charge in [-0.25, -0.2) is 4.98 Å². The Bertz CT molecular complexity index is 3130. The van der Waals surface area contributed by atoms with E-state index < -0.39 is 0 Å². The minimum absolute atomic E-state index is 0.0838. The van der Waals surface area contributed by atoms with Crippen molar-refractivity contribution in [1.82, 2.24) is 4.98 Å². The third kappa shape index (κ3) is 5.02. The summed E-state index contributed by atoms with van der Waals surface area (Å²) in [5.41, 5.74) is 13.8. The molecule has 0 saturated heterocycles. The smallest absolute Gasteiger partial charge is 0.102 e. The number of pyridine rings is 1. The summed E-state index contributed by atoms with van der Waals surface area (Å²) in [7, 11) is 0. The second-order valence-electron chi connectivity index (χ2n) is 16.4. The molecule has 0 N–H and O–H groups in total. The lowest BCUT2D eigenvalue weighted by atomic mass is 9.63. The Kier molecular flexibility index (Phi) is 7.60. The first-order chi connectivity index (χ1) is 28.7. The fourth-order valence-corrected chi connectivity index (χ4v) is 10.9. The van der Waals surface area contributed by atoms with Crippen molar-refractivity contribution >= 4 is 61.2 Å². The van der Waals surface area contributed by atoms with Gasteiger partial charge in [0.05, 0.1) is 16.9 Å². The van der Waals surface area contributed by atoms with Crippen LogP contribution < -0.4 is 0 Å². The second-order valence-corrected chi connectivity index (χ2v) is 16.4. The number of allylic oxidation sites excluding steroid dienone is 15. The lowest BCUT2D eigenvalue weighted by molar-refractivity contribution is 0.478. The van der Waals surface area contributed by atoms with Crippen LogP contribution >= 0.6 is 0 Å². The van der Waals surface area contributed by atoms with Crippen LogP contribution in [-0.2, 0) is 0 Å². The largest absolute Gasteiger partial charge is 0.283 e. The van der Waals surface area contributed by atoms with E-state index in [1.54, 1.807) is 0 Å². The molecule has 0 amide bonds. The van der Waals surface area contributed by atoms with Gasteiger partial charge in [0.15, 0.2) is 0 Å². The lowest BCUT2D eigenvalue weighted by Gasteiger charge is -2.41. The van der Waals surface area contributed by atoms with E-state index in [0.29, 0.717) is 17.8 Å². The fraction of sp³-hybridized carbons (Fsp3) is 0.145. The number of para-hydroxylation sites is 1. The zero-order valence-corrected chi connectivity index (χ0v) is 32.4. The van der Waals surface area contributed by atoms with Gasteiger partial charge in [0.25, 0.3) is 0 Å². The van der Waals surface area contributed by atoms with E-state index >= 15 is 0 Å². The number of aromatic nitrogens is 1. The summed E-state index contributed by atoms with van der Waals surface area (Å²) < 4.78 is 0. The minimum Gasteiger partial charge on any atom is -0.283 e. The topological polar surface area (TPSA) is 37.6 Å². The summed E-state index contributed by atoms with van der Waals surface area (Å²) in [4.78, 5) is 15.2. The van der Waals surface area contributed by atoms with Crippen LogP contribution in [0.3, 0.4) is 0 Å². The quantitative estimate of drug-likeness (QED) is 0.166. The molecule has 6 aliphatic rings. The first kappa shape index (κ1) is 33.4. The van der Waals surface area contributed by atoms with Gasteiger partial charge in [-0.3, -0.25) is 9.98 Å². The Morgan fingerprint density at radius 1 is 0.690 bits per heavy atom. The van der Waals surface area contributed by atoms with E-state index in [4.69, 9.17) is 15.0 Å². The van der Waals surface area contributed by atoms with Gasteiger partial charge < -0.3 is 0 Å². The number of hydrogen-bond acceptors (Lipinski definition) is 3. The van der Waals surface area contributed by atoms with E-state index in [9.17, 15) is 0 Å². The molecular formula is C55H41N3. The third-order valence-electron chi connectivity index (χ3n) is 13.5. The van der Waals surface area contributed by atoms with Crippen LogP contribution in [0.15, 0.2) is 207 Å². The molecule has 2 aliphatic heterocycles. The van der Waals surface area contributed by atoms with Crippen molar-refractivity contribution in [2.75, 3.05) is 0 Å². The van der Waals surface area contributed by atoms with Gasteiger partial charge in [-0.1, -0.05) is 152 Å². The van der Waals surface area contributed by atoms with Crippen LogP contribution in [-0.4, -0.2) is 23.5 Å². The van der Waals surface area contributed by atoms with Gasteiger partial charge in [-0.05, 0) is 98.4 Å². The molecule has 0 bridgehead atoms. The molecule has 58 heavy (non-hydrogen) atoms. The minimum atomic E-state index is 0.0838. The maximum atomic E-state index is 5.39. The number of nitrogens with zero attached hydrogens (tertiary/aromatic N) is 3. The van der Waals surface area contributed by atoms with Gasteiger partial charge in [0.1, 0.15) is 6.04 Å². The average molecular weight is 744 g/mol. The Hall–Kier alpha value is -6.71. The van der Waals surface area contributed by atoms with E-state index in [2.05, 4.69) is 177 Å². The average Bonchev–Trinajstić information content (AvgIpc) is 3.29. The summed E-state index contributed by atoms with van der Waals surface area (Å²) in [6, 6.07) is 35.5. The molecule has 0 saturated carbocycles. The summed E-state index contributed by atoms with van der Waals surface area (Å²) in [6.07, 6.45) is 31.9. The van der Waals surface area contributed by atoms with E-state index in [-0.39, 0.29) is 12.0 Å². The first-order valence-electron chi connectivity index (χ1n) is 20.8. The van der Waals surface area contributed by atoms with Gasteiger partial charge in [0.2, 0.25) is 0 Å². The summed E-state index contributed by atoms with van der Waals surface area (Å²) >= 11 is 0. The van der Waals surface area contributed by atoms with E-state index in [1.807, 2.05) is 6.21 Å². The highest BCUT2D eigenvalue weighted by atomic mass is 14.9.